The van der Waals surface area contributed by atoms with Gasteiger partial charge in [-0.05, 0) is 80.4 Å². The predicted molar refractivity (Wildman–Crippen MR) is 136 cm³/mol. The maximum atomic E-state index is 13.5. The van der Waals surface area contributed by atoms with Crippen molar-refractivity contribution in [3.8, 4) is 11.1 Å². The average molecular weight is 533 g/mol. The lowest BCUT2D eigenvalue weighted by Crippen LogP contribution is -2.31. The summed E-state index contributed by atoms with van der Waals surface area (Å²) in [6.45, 7) is 8.83. The molecule has 10 heteroatoms. The molecule has 1 aromatic heterocycles. The van der Waals surface area contributed by atoms with E-state index in [0.717, 1.165) is 28.8 Å². The van der Waals surface area contributed by atoms with Crippen LogP contribution < -0.4 is 10.9 Å². The van der Waals surface area contributed by atoms with Gasteiger partial charge in [-0.2, -0.15) is 13.2 Å². The highest BCUT2D eigenvalue weighted by Gasteiger charge is 2.34. The molecule has 0 saturated carbocycles. The molecule has 3 aromatic rings. The van der Waals surface area contributed by atoms with Crippen LogP contribution in [0.1, 0.15) is 42.7 Å². The van der Waals surface area contributed by atoms with E-state index >= 15 is 0 Å². The van der Waals surface area contributed by atoms with Gasteiger partial charge in [0.2, 0.25) is 0 Å². The lowest BCUT2D eigenvalue weighted by molar-refractivity contribution is -0.137. The van der Waals surface area contributed by atoms with E-state index in [-0.39, 0.29) is 16.1 Å². The van der Waals surface area contributed by atoms with E-state index in [1.54, 1.807) is 20.8 Å². The molecule has 3 rings (SSSR count). The maximum absolute atomic E-state index is 13.5. The molecule has 1 unspecified atom stereocenters. The number of rotatable bonds is 6. The molecule has 1 amide bonds. The minimum atomic E-state index is -4.66. The number of nitrogens with zero attached hydrogens (tertiary/aromatic N) is 1. The summed E-state index contributed by atoms with van der Waals surface area (Å²) >= 11 is 5.89. The van der Waals surface area contributed by atoms with E-state index in [2.05, 4.69) is 11.9 Å². The van der Waals surface area contributed by atoms with Crippen LogP contribution >= 0.6 is 11.6 Å². The van der Waals surface area contributed by atoms with Crippen LogP contribution in [-0.2, 0) is 15.7 Å². The quantitative estimate of drug-likeness (QED) is 0.290. The number of halogens is 4. The van der Waals surface area contributed by atoms with E-state index in [1.165, 1.54) is 42.6 Å². The summed E-state index contributed by atoms with van der Waals surface area (Å²) in [5, 5.41) is 2.70. The van der Waals surface area contributed by atoms with Crippen LogP contribution in [-0.4, -0.2) is 22.0 Å². The number of anilines is 1. The Morgan fingerprint density at radius 1 is 1.05 bits per heavy atom. The second kappa shape index (κ2) is 10.6. The zero-order valence-corrected chi connectivity index (χ0v) is 21.0. The first-order chi connectivity index (χ1) is 17.2. The van der Waals surface area contributed by atoms with Crippen LogP contribution in [0.3, 0.4) is 0 Å². The highest BCUT2D eigenvalue weighted by atomic mass is 35.5. The molecule has 0 aliphatic rings. The van der Waals surface area contributed by atoms with Crippen molar-refractivity contribution < 1.29 is 27.5 Å². The number of hydrogen-bond acceptors (Lipinski definition) is 4. The zero-order valence-electron chi connectivity index (χ0n) is 20.2. The predicted octanol–water partition coefficient (Wildman–Crippen LogP) is 6.51. The fraction of sp³-hybridized carbons (Fsp3) is 0.222. The number of nitrogens with one attached hydrogen (secondary N) is 1. The normalized spacial score (nSPS) is 12.5. The van der Waals surface area contributed by atoms with Gasteiger partial charge < -0.3 is 10.1 Å². The molecule has 0 radical (unpaired) electrons. The Morgan fingerprint density at radius 3 is 2.24 bits per heavy atom. The van der Waals surface area contributed by atoms with Crippen molar-refractivity contribution in [3.05, 3.63) is 100.0 Å². The molecule has 6 nitrogen and oxygen atoms in total. The van der Waals surface area contributed by atoms with Gasteiger partial charge in [-0.25, -0.2) is 4.79 Å². The van der Waals surface area contributed by atoms with Crippen LogP contribution in [0.15, 0.2) is 78.2 Å². The number of hydrogen-bond donors (Lipinski definition) is 1. The van der Waals surface area contributed by atoms with Crippen LogP contribution in [0.25, 0.3) is 11.1 Å². The van der Waals surface area contributed by atoms with Crippen molar-refractivity contribution in [1.29, 1.82) is 0 Å². The van der Waals surface area contributed by atoms with Crippen molar-refractivity contribution in [1.82, 2.24) is 4.57 Å². The Kier molecular flexibility index (Phi) is 7.97. The number of ether oxygens (including phenoxy) is 1. The average Bonchev–Trinajstić information content (AvgIpc) is 2.79. The molecule has 0 aliphatic carbocycles. The number of benzene rings is 2. The van der Waals surface area contributed by atoms with Gasteiger partial charge in [0, 0.05) is 23.0 Å². The summed E-state index contributed by atoms with van der Waals surface area (Å²) in [4.78, 5) is 37.9. The maximum Gasteiger partial charge on any atom is 0.417 e. The van der Waals surface area contributed by atoms with Crippen LogP contribution in [0, 0.1) is 0 Å². The number of esters is 1. The summed E-state index contributed by atoms with van der Waals surface area (Å²) in [5.41, 5.74) is -1.94. The van der Waals surface area contributed by atoms with Gasteiger partial charge in [0.15, 0.2) is 0 Å². The first kappa shape index (κ1) is 27.7. The lowest BCUT2D eigenvalue weighted by Gasteiger charge is -2.19. The zero-order chi connectivity index (χ0) is 27.5. The van der Waals surface area contributed by atoms with Crippen LogP contribution in [0.2, 0.25) is 5.02 Å². The molecular formula is C27H24ClF3N2O4. The van der Waals surface area contributed by atoms with Crippen molar-refractivity contribution in [2.45, 2.75) is 38.6 Å². The van der Waals surface area contributed by atoms with Gasteiger partial charge in [0.25, 0.3) is 11.5 Å². The highest BCUT2D eigenvalue weighted by molar-refractivity contribution is 6.30. The largest absolute Gasteiger partial charge is 0.456 e. The van der Waals surface area contributed by atoms with Crippen LogP contribution in [0.4, 0.5) is 18.9 Å². The standard InChI is InChI=1S/C27H24ClF3N2O4/c1-5-22(24(35)32-19-9-6-16(7-10-19)25(36)37-26(2,3)4)33-13-12-17(14-23(33)34)20-15-18(28)8-11-21(20)27(29,30)31/h5-15,22H,1H2,2-4H3,(H,32,35). The molecule has 194 valence electrons. The first-order valence-corrected chi connectivity index (χ1v) is 11.4. The van der Waals surface area contributed by atoms with E-state index in [1.807, 2.05) is 0 Å². The van der Waals surface area contributed by atoms with E-state index in [9.17, 15) is 27.6 Å². The van der Waals surface area contributed by atoms with E-state index in [0.29, 0.717) is 11.3 Å². The molecule has 37 heavy (non-hydrogen) atoms. The summed E-state index contributed by atoms with van der Waals surface area (Å²) in [7, 11) is 0. The molecule has 0 saturated heterocycles. The molecule has 0 spiro atoms. The number of carbonyl (C=O) groups excluding carboxylic acids is 2. The smallest absolute Gasteiger partial charge is 0.417 e. The van der Waals surface area contributed by atoms with Gasteiger partial charge >= 0.3 is 12.1 Å². The first-order valence-electron chi connectivity index (χ1n) is 11.1. The Balaban J connectivity index is 1.84. The number of pyridine rings is 1. The molecule has 1 heterocycles. The Hall–Kier alpha value is -3.85. The van der Waals surface area contributed by atoms with Crippen molar-refractivity contribution in [2.24, 2.45) is 0 Å². The number of aromatic nitrogens is 1. The van der Waals surface area contributed by atoms with Gasteiger partial charge in [0.05, 0.1) is 11.1 Å². The SMILES string of the molecule is C=CC(C(=O)Nc1ccc(C(=O)OC(C)(C)C)cc1)n1ccc(-c2cc(Cl)ccc2C(F)(F)F)cc1=O. The van der Waals surface area contributed by atoms with E-state index < -0.39 is 40.8 Å². The second-order valence-corrected chi connectivity index (χ2v) is 9.53. The van der Waals surface area contributed by atoms with E-state index in [4.69, 9.17) is 16.3 Å². The summed E-state index contributed by atoms with van der Waals surface area (Å²) in [6.07, 6.45) is -2.21. The fourth-order valence-corrected chi connectivity index (χ4v) is 3.65. The fourth-order valence-electron chi connectivity index (χ4n) is 3.48. The molecule has 2 aromatic carbocycles. The molecule has 1 N–H and O–H groups in total. The summed E-state index contributed by atoms with van der Waals surface area (Å²) in [5.74, 6) is -1.14. The molecular weight excluding hydrogens is 509 g/mol. The lowest BCUT2D eigenvalue weighted by atomic mass is 10.00. The third-order valence-corrected chi connectivity index (χ3v) is 5.36. The minimum Gasteiger partial charge on any atom is -0.456 e. The van der Waals surface area contributed by atoms with Gasteiger partial charge in [-0.3, -0.25) is 14.2 Å². The number of alkyl halides is 3. The van der Waals surface area contributed by atoms with Gasteiger partial charge in [0.1, 0.15) is 11.6 Å². The van der Waals surface area contributed by atoms with Crippen LogP contribution in [0.5, 0.6) is 0 Å². The topological polar surface area (TPSA) is 77.4 Å². The number of carbonyl (C=O) groups is 2. The monoisotopic (exact) mass is 532 g/mol. The van der Waals surface area contributed by atoms with Crippen molar-refractivity contribution >= 4 is 29.2 Å². The van der Waals surface area contributed by atoms with Crippen molar-refractivity contribution in [2.75, 3.05) is 5.32 Å². The van der Waals surface area contributed by atoms with Gasteiger partial charge in [-0.15, -0.1) is 6.58 Å². The van der Waals surface area contributed by atoms with Crippen molar-refractivity contribution in [3.63, 3.8) is 0 Å². The second-order valence-electron chi connectivity index (χ2n) is 9.10. The minimum absolute atomic E-state index is 0.00275. The Labute approximate surface area is 216 Å². The third-order valence-electron chi connectivity index (χ3n) is 5.12. The Morgan fingerprint density at radius 2 is 1.70 bits per heavy atom. The Bertz CT molecular complexity index is 1390. The molecule has 0 aliphatic heterocycles. The molecule has 0 fully saturated rings. The summed E-state index contributed by atoms with van der Waals surface area (Å²) < 4.78 is 46.7. The molecule has 0 bridgehead atoms. The highest BCUT2D eigenvalue weighted by Crippen LogP contribution is 2.38. The van der Waals surface area contributed by atoms with Gasteiger partial charge in [-0.1, -0.05) is 17.7 Å². The third kappa shape index (κ3) is 6.89. The number of amides is 1. The molecule has 1 atom stereocenters. The summed E-state index contributed by atoms with van der Waals surface area (Å²) in [6, 6.07) is 10.2.